The Labute approximate surface area is 65.1 Å². The summed E-state index contributed by atoms with van der Waals surface area (Å²) >= 11 is 0. The van der Waals surface area contributed by atoms with Crippen molar-refractivity contribution >= 4 is 0 Å². The summed E-state index contributed by atoms with van der Waals surface area (Å²) in [5.41, 5.74) is 5.42. The first-order valence-corrected chi connectivity index (χ1v) is 3.93. The van der Waals surface area contributed by atoms with Gasteiger partial charge in [0.1, 0.15) is 0 Å². The summed E-state index contributed by atoms with van der Waals surface area (Å²) in [4.78, 5) is 0. The van der Waals surface area contributed by atoms with Crippen LogP contribution in [-0.4, -0.2) is 26.1 Å². The number of rotatable bonds is 3. The van der Waals surface area contributed by atoms with Crippen LogP contribution in [0.4, 0.5) is 8.78 Å². The fraction of sp³-hybridized carbons (Fsp3) is 1.00. The zero-order chi connectivity index (χ0) is 8.27. The molecule has 66 valence electrons. The monoisotopic (exact) mass is 164 g/mol. The Morgan fingerprint density at radius 2 is 2.00 bits per heavy atom. The maximum Gasteiger partial charge on any atom is 0.239 e. The first kappa shape index (κ1) is 8.87. The average Bonchev–Trinajstić information content (AvgIpc) is 2.34. The highest BCUT2D eigenvalue weighted by Crippen LogP contribution is 2.22. The van der Waals surface area contributed by atoms with E-state index in [1.807, 2.05) is 0 Å². The number of hydrogen-bond acceptors (Lipinski definition) is 2. The molecule has 0 aliphatic carbocycles. The Kier molecular flexibility index (Phi) is 3.20. The third-order valence-corrected chi connectivity index (χ3v) is 2.26. The van der Waals surface area contributed by atoms with Crippen LogP contribution < -0.4 is 11.1 Å². The molecule has 1 saturated heterocycles. The lowest BCUT2D eigenvalue weighted by Crippen LogP contribution is -2.23. The van der Waals surface area contributed by atoms with Gasteiger partial charge >= 0.3 is 0 Å². The van der Waals surface area contributed by atoms with Gasteiger partial charge in [-0.05, 0) is 31.5 Å². The average molecular weight is 164 g/mol. The van der Waals surface area contributed by atoms with Crippen molar-refractivity contribution < 1.29 is 8.78 Å². The Balaban J connectivity index is 2.31. The van der Waals surface area contributed by atoms with Gasteiger partial charge in [0.05, 0.1) is 0 Å². The third kappa shape index (κ3) is 2.38. The molecule has 2 atom stereocenters. The molecule has 2 unspecified atom stereocenters. The van der Waals surface area contributed by atoms with Gasteiger partial charge in [-0.25, -0.2) is 8.78 Å². The summed E-state index contributed by atoms with van der Waals surface area (Å²) in [7, 11) is 0. The molecule has 11 heavy (non-hydrogen) atoms. The Bertz CT molecular complexity index is 119. The minimum atomic E-state index is -2.19. The van der Waals surface area contributed by atoms with E-state index in [1.54, 1.807) is 0 Å². The standard InChI is InChI=1S/C7H14F2N2/c8-7(9)1-5-3-11-4-6(5)2-10/h5-7,11H,1-4,10H2. The second-order valence-electron chi connectivity index (χ2n) is 3.04. The highest BCUT2D eigenvalue weighted by Gasteiger charge is 2.27. The van der Waals surface area contributed by atoms with Gasteiger partial charge < -0.3 is 11.1 Å². The van der Waals surface area contributed by atoms with Crippen molar-refractivity contribution in [2.75, 3.05) is 19.6 Å². The van der Waals surface area contributed by atoms with Gasteiger partial charge in [-0.15, -0.1) is 0 Å². The van der Waals surface area contributed by atoms with Crippen LogP contribution in [0.5, 0.6) is 0 Å². The first-order valence-electron chi connectivity index (χ1n) is 3.93. The Hall–Kier alpha value is -0.220. The van der Waals surface area contributed by atoms with E-state index in [0.29, 0.717) is 13.1 Å². The van der Waals surface area contributed by atoms with E-state index in [9.17, 15) is 8.78 Å². The van der Waals surface area contributed by atoms with Gasteiger partial charge in [0, 0.05) is 6.42 Å². The van der Waals surface area contributed by atoms with Crippen molar-refractivity contribution in [2.45, 2.75) is 12.8 Å². The summed E-state index contributed by atoms with van der Waals surface area (Å²) < 4.78 is 23.9. The molecule has 0 aromatic rings. The van der Waals surface area contributed by atoms with E-state index in [2.05, 4.69) is 5.32 Å². The molecule has 1 fully saturated rings. The Morgan fingerprint density at radius 1 is 1.36 bits per heavy atom. The minimum absolute atomic E-state index is 0.00509. The highest BCUT2D eigenvalue weighted by atomic mass is 19.3. The molecule has 0 spiro atoms. The molecular weight excluding hydrogens is 150 g/mol. The van der Waals surface area contributed by atoms with Gasteiger partial charge in [0.25, 0.3) is 0 Å². The number of nitrogens with one attached hydrogen (secondary N) is 1. The normalized spacial score (nSPS) is 31.6. The maximum atomic E-state index is 11.9. The van der Waals surface area contributed by atoms with Crippen LogP contribution >= 0.6 is 0 Å². The molecule has 0 radical (unpaired) electrons. The quantitative estimate of drug-likeness (QED) is 0.635. The van der Waals surface area contributed by atoms with Crippen molar-refractivity contribution in [3.63, 3.8) is 0 Å². The molecule has 1 heterocycles. The summed E-state index contributed by atoms with van der Waals surface area (Å²) in [5.74, 6) is 0.337. The van der Waals surface area contributed by atoms with Gasteiger partial charge in [0.15, 0.2) is 0 Å². The molecule has 1 aliphatic heterocycles. The van der Waals surface area contributed by atoms with Gasteiger partial charge in [-0.3, -0.25) is 0 Å². The van der Waals surface area contributed by atoms with Crippen LogP contribution in [-0.2, 0) is 0 Å². The largest absolute Gasteiger partial charge is 0.330 e. The summed E-state index contributed by atoms with van der Waals surface area (Å²) in [6, 6.07) is 0. The van der Waals surface area contributed by atoms with Crippen LogP contribution in [0.1, 0.15) is 6.42 Å². The summed E-state index contributed by atoms with van der Waals surface area (Å²) in [6.45, 7) is 2.02. The number of hydrogen-bond donors (Lipinski definition) is 2. The molecule has 0 aromatic heterocycles. The molecule has 0 saturated carbocycles. The molecule has 4 heteroatoms. The second-order valence-corrected chi connectivity index (χ2v) is 3.04. The van der Waals surface area contributed by atoms with Gasteiger partial charge in [0.2, 0.25) is 6.43 Å². The summed E-state index contributed by atoms with van der Waals surface area (Å²) in [6.07, 6.45) is -2.19. The maximum absolute atomic E-state index is 11.9. The number of halogens is 2. The zero-order valence-electron chi connectivity index (χ0n) is 6.39. The molecule has 0 aromatic carbocycles. The molecular formula is C7H14F2N2. The van der Waals surface area contributed by atoms with E-state index in [4.69, 9.17) is 5.73 Å². The van der Waals surface area contributed by atoms with E-state index in [1.165, 1.54) is 0 Å². The number of alkyl halides is 2. The van der Waals surface area contributed by atoms with Crippen molar-refractivity contribution in [1.29, 1.82) is 0 Å². The SMILES string of the molecule is NCC1CNCC1CC(F)F. The van der Waals surface area contributed by atoms with E-state index >= 15 is 0 Å². The van der Waals surface area contributed by atoms with Crippen LogP contribution in [0.15, 0.2) is 0 Å². The topological polar surface area (TPSA) is 38.0 Å². The third-order valence-electron chi connectivity index (χ3n) is 2.26. The molecule has 1 aliphatic rings. The van der Waals surface area contributed by atoms with Crippen molar-refractivity contribution in [2.24, 2.45) is 17.6 Å². The smallest absolute Gasteiger partial charge is 0.239 e. The summed E-state index contributed by atoms with van der Waals surface area (Å²) in [5, 5.41) is 3.07. The van der Waals surface area contributed by atoms with Crippen molar-refractivity contribution in [3.05, 3.63) is 0 Å². The van der Waals surface area contributed by atoms with E-state index in [-0.39, 0.29) is 18.3 Å². The molecule has 0 bridgehead atoms. The lowest BCUT2D eigenvalue weighted by Gasteiger charge is -2.15. The predicted molar refractivity (Wildman–Crippen MR) is 39.5 cm³/mol. The highest BCUT2D eigenvalue weighted by molar-refractivity contribution is 4.81. The van der Waals surface area contributed by atoms with E-state index < -0.39 is 6.43 Å². The lowest BCUT2D eigenvalue weighted by molar-refractivity contribution is 0.109. The molecule has 0 amide bonds. The molecule has 2 nitrogen and oxygen atoms in total. The predicted octanol–water partition coefficient (Wildman–Crippen LogP) is 0.436. The fourth-order valence-corrected chi connectivity index (χ4v) is 1.57. The van der Waals surface area contributed by atoms with Crippen LogP contribution in [0.3, 0.4) is 0 Å². The molecule has 3 N–H and O–H groups in total. The number of nitrogens with two attached hydrogens (primary N) is 1. The first-order chi connectivity index (χ1) is 5.24. The minimum Gasteiger partial charge on any atom is -0.330 e. The second kappa shape index (κ2) is 3.97. The van der Waals surface area contributed by atoms with Gasteiger partial charge in [-0.1, -0.05) is 0 Å². The Morgan fingerprint density at radius 3 is 2.55 bits per heavy atom. The van der Waals surface area contributed by atoms with Crippen LogP contribution in [0.25, 0.3) is 0 Å². The van der Waals surface area contributed by atoms with E-state index in [0.717, 1.165) is 6.54 Å². The van der Waals surface area contributed by atoms with Crippen molar-refractivity contribution in [1.82, 2.24) is 5.32 Å². The fourth-order valence-electron chi connectivity index (χ4n) is 1.57. The lowest BCUT2D eigenvalue weighted by atomic mass is 9.93. The van der Waals surface area contributed by atoms with Crippen LogP contribution in [0.2, 0.25) is 0 Å². The molecule has 1 rings (SSSR count). The van der Waals surface area contributed by atoms with Crippen molar-refractivity contribution in [3.8, 4) is 0 Å². The van der Waals surface area contributed by atoms with Gasteiger partial charge in [-0.2, -0.15) is 0 Å². The van der Waals surface area contributed by atoms with Crippen LogP contribution in [0, 0.1) is 11.8 Å². The zero-order valence-corrected chi connectivity index (χ0v) is 6.39.